The zero-order valence-corrected chi connectivity index (χ0v) is 35.0. The number of fused-ring (bicyclic) bond motifs is 1. The van der Waals surface area contributed by atoms with Gasteiger partial charge >= 0.3 is 35.8 Å². The smallest absolute Gasteiger partial charge is 0.347 e. The van der Waals surface area contributed by atoms with E-state index in [2.05, 4.69) is 13.2 Å². The van der Waals surface area contributed by atoms with Crippen molar-refractivity contribution in [3.63, 3.8) is 0 Å². The van der Waals surface area contributed by atoms with E-state index in [1.165, 1.54) is 87.0 Å². The number of hydrogen-bond donors (Lipinski definition) is 0. The molecule has 334 valence electrons. The maximum absolute atomic E-state index is 13.4. The third-order valence-electron chi connectivity index (χ3n) is 9.40. The van der Waals surface area contributed by atoms with Gasteiger partial charge in [0.25, 0.3) is 0 Å². The predicted molar refractivity (Wildman–Crippen MR) is 221 cm³/mol. The first-order valence-electron chi connectivity index (χ1n) is 19.6. The standard InChI is InChI=1S/C46H42O18/c1-7-39(47)59-25-11-17-31(35(21-25)55-9-3)43(49)61-27-13-15-29(33(19-27)53-5)45(51)63-37-23-57-42-38(24-58-41(37)42)64-46(52)30-16-14-28(20-34(30)54-6)62-44(50)32-18-12-26(60-40(48)8-2)22-36(32)56-10-4/h7-8,11-22,37-38,41-42H,1-2,9-10,23-24H2,3-6H3/t37-,38+,41-,42-/m1/s1. The van der Waals surface area contributed by atoms with Gasteiger partial charge in [-0.05, 0) is 62.4 Å². The van der Waals surface area contributed by atoms with E-state index < -0.39 is 60.2 Å². The Kier molecular flexibility index (Phi) is 15.0. The van der Waals surface area contributed by atoms with E-state index in [-0.39, 0.29) is 94.7 Å². The summed E-state index contributed by atoms with van der Waals surface area (Å²) >= 11 is 0. The second-order valence-corrected chi connectivity index (χ2v) is 13.4. The fourth-order valence-corrected chi connectivity index (χ4v) is 6.50. The summed E-state index contributed by atoms with van der Waals surface area (Å²) in [6, 6.07) is 16.4. The summed E-state index contributed by atoms with van der Waals surface area (Å²) in [6.07, 6.45) is -1.36. The van der Waals surface area contributed by atoms with Crippen LogP contribution in [0.15, 0.2) is 98.1 Å². The van der Waals surface area contributed by atoms with Crippen LogP contribution in [0.25, 0.3) is 0 Å². The summed E-state index contributed by atoms with van der Waals surface area (Å²) in [5.74, 6) is -3.91. The lowest BCUT2D eigenvalue weighted by Crippen LogP contribution is -2.36. The molecule has 0 N–H and O–H groups in total. The lowest BCUT2D eigenvalue weighted by atomic mass is 10.1. The Labute approximate surface area is 366 Å². The van der Waals surface area contributed by atoms with Crippen molar-refractivity contribution in [1.29, 1.82) is 0 Å². The molecule has 2 aliphatic rings. The third-order valence-corrected chi connectivity index (χ3v) is 9.40. The van der Waals surface area contributed by atoms with Gasteiger partial charge in [0.1, 0.15) is 80.5 Å². The van der Waals surface area contributed by atoms with E-state index >= 15 is 0 Å². The summed E-state index contributed by atoms with van der Waals surface area (Å²) in [5, 5.41) is 0. The van der Waals surface area contributed by atoms with Crippen LogP contribution in [0.3, 0.4) is 0 Å². The molecule has 0 spiro atoms. The molecule has 2 aliphatic heterocycles. The van der Waals surface area contributed by atoms with E-state index in [4.69, 9.17) is 56.8 Å². The van der Waals surface area contributed by atoms with E-state index in [0.29, 0.717) is 0 Å². The van der Waals surface area contributed by atoms with Crippen molar-refractivity contribution in [2.45, 2.75) is 38.3 Å². The molecule has 6 rings (SSSR count). The Morgan fingerprint density at radius 3 is 1.17 bits per heavy atom. The molecule has 18 nitrogen and oxygen atoms in total. The molecule has 0 saturated carbocycles. The van der Waals surface area contributed by atoms with Crippen molar-refractivity contribution in [3.8, 4) is 46.0 Å². The van der Waals surface area contributed by atoms with Gasteiger partial charge in [-0.2, -0.15) is 0 Å². The van der Waals surface area contributed by atoms with Crippen LogP contribution < -0.4 is 37.9 Å². The highest BCUT2D eigenvalue weighted by Crippen LogP contribution is 2.35. The van der Waals surface area contributed by atoms with Crippen molar-refractivity contribution in [2.24, 2.45) is 0 Å². The summed E-state index contributed by atoms with van der Waals surface area (Å²) in [6.45, 7) is 10.4. The van der Waals surface area contributed by atoms with Crippen LogP contribution in [-0.4, -0.2) is 101 Å². The number of methoxy groups -OCH3 is 2. The van der Waals surface area contributed by atoms with Crippen molar-refractivity contribution in [1.82, 2.24) is 0 Å². The normalized spacial score (nSPS) is 17.1. The molecule has 0 unspecified atom stereocenters. The van der Waals surface area contributed by atoms with Crippen molar-refractivity contribution in [3.05, 3.63) is 120 Å². The molecular weight excluding hydrogens is 840 g/mol. The maximum atomic E-state index is 13.4. The van der Waals surface area contributed by atoms with Crippen LogP contribution in [0.4, 0.5) is 0 Å². The fourth-order valence-electron chi connectivity index (χ4n) is 6.50. The SMILES string of the molecule is C=CC(=O)Oc1ccc(C(=O)Oc2ccc(C(=O)O[C@H]3CO[C@H]4[C@@H]3OC[C@H]4OC(=O)c3ccc(OC(=O)c4ccc(OC(=O)C=C)cc4OCC)cc3OC)c(OC)c2)c(OCC)c1. The van der Waals surface area contributed by atoms with E-state index in [1.54, 1.807) is 13.8 Å². The monoisotopic (exact) mass is 882 g/mol. The molecule has 2 heterocycles. The first-order chi connectivity index (χ1) is 30.9. The Morgan fingerprint density at radius 2 is 0.844 bits per heavy atom. The van der Waals surface area contributed by atoms with Gasteiger partial charge in [0, 0.05) is 36.4 Å². The van der Waals surface area contributed by atoms with Crippen molar-refractivity contribution < 1.29 is 85.6 Å². The first kappa shape index (κ1) is 45.8. The Bertz CT molecular complexity index is 2290. The van der Waals surface area contributed by atoms with Crippen LogP contribution in [0.5, 0.6) is 46.0 Å². The Balaban J connectivity index is 1.06. The largest absolute Gasteiger partial charge is 0.496 e. The molecule has 2 fully saturated rings. The molecule has 4 aromatic carbocycles. The summed E-state index contributed by atoms with van der Waals surface area (Å²) < 4.78 is 66.6. The van der Waals surface area contributed by atoms with Crippen molar-refractivity contribution in [2.75, 3.05) is 40.6 Å². The van der Waals surface area contributed by atoms with Gasteiger partial charge in [-0.1, -0.05) is 13.2 Å². The van der Waals surface area contributed by atoms with E-state index in [1.807, 2.05) is 0 Å². The minimum atomic E-state index is -0.890. The highest BCUT2D eigenvalue weighted by molar-refractivity contribution is 5.97. The number of carbonyl (C=O) groups is 6. The zero-order chi connectivity index (χ0) is 45.9. The molecule has 18 heteroatoms. The summed E-state index contributed by atoms with van der Waals surface area (Å²) in [7, 11) is 2.64. The minimum Gasteiger partial charge on any atom is -0.496 e. The van der Waals surface area contributed by atoms with Crippen molar-refractivity contribution >= 4 is 35.8 Å². The van der Waals surface area contributed by atoms with Crippen LogP contribution in [0, 0.1) is 0 Å². The third kappa shape index (κ3) is 10.7. The number of hydrogen-bond acceptors (Lipinski definition) is 18. The minimum absolute atomic E-state index is 0.00974. The molecule has 0 bridgehead atoms. The van der Waals surface area contributed by atoms with Gasteiger partial charge in [0.2, 0.25) is 0 Å². The molecule has 0 amide bonds. The molecule has 64 heavy (non-hydrogen) atoms. The number of benzene rings is 4. The van der Waals surface area contributed by atoms with Crippen LogP contribution in [-0.2, 0) is 28.5 Å². The molecular formula is C46H42O18. The Morgan fingerprint density at radius 1 is 0.516 bits per heavy atom. The summed E-state index contributed by atoms with van der Waals surface area (Å²) in [5.41, 5.74) is 0.108. The fraction of sp³-hybridized carbons (Fsp3) is 0.261. The topological polar surface area (TPSA) is 213 Å². The second-order valence-electron chi connectivity index (χ2n) is 13.4. The van der Waals surface area contributed by atoms with Crippen LogP contribution in [0.2, 0.25) is 0 Å². The molecule has 4 atom stereocenters. The quantitative estimate of drug-likeness (QED) is 0.0669. The molecule has 0 radical (unpaired) electrons. The summed E-state index contributed by atoms with van der Waals surface area (Å²) in [4.78, 5) is 76.4. The highest BCUT2D eigenvalue weighted by atomic mass is 16.7. The average molecular weight is 883 g/mol. The first-order valence-corrected chi connectivity index (χ1v) is 19.6. The van der Waals surface area contributed by atoms with Gasteiger partial charge in [-0.25, -0.2) is 28.8 Å². The van der Waals surface area contributed by atoms with Crippen LogP contribution >= 0.6 is 0 Å². The highest BCUT2D eigenvalue weighted by Gasteiger charge is 2.51. The molecule has 4 aromatic rings. The van der Waals surface area contributed by atoms with Gasteiger partial charge in [-0.15, -0.1) is 0 Å². The van der Waals surface area contributed by atoms with Crippen LogP contribution in [0.1, 0.15) is 55.3 Å². The molecule has 0 aromatic heterocycles. The number of ether oxygens (including phenoxy) is 12. The lowest BCUT2D eigenvalue weighted by Gasteiger charge is -2.18. The number of carbonyl (C=O) groups excluding carboxylic acids is 6. The molecule has 0 aliphatic carbocycles. The van der Waals surface area contributed by atoms with E-state index in [0.717, 1.165) is 12.2 Å². The number of esters is 6. The molecule has 2 saturated heterocycles. The average Bonchev–Trinajstić information content (AvgIpc) is 3.88. The van der Waals surface area contributed by atoms with E-state index in [9.17, 15) is 28.8 Å². The zero-order valence-electron chi connectivity index (χ0n) is 35.0. The lowest BCUT2D eigenvalue weighted by molar-refractivity contribution is -0.129. The second kappa shape index (κ2) is 20.9. The number of rotatable bonds is 18. The Hall–Kier alpha value is -7.70. The van der Waals surface area contributed by atoms with Gasteiger partial charge in [0.15, 0.2) is 12.2 Å². The van der Waals surface area contributed by atoms with Gasteiger partial charge in [-0.3, -0.25) is 0 Å². The van der Waals surface area contributed by atoms with Gasteiger partial charge < -0.3 is 56.8 Å². The predicted octanol–water partition coefficient (Wildman–Crippen LogP) is 5.67. The maximum Gasteiger partial charge on any atom is 0.347 e. The van der Waals surface area contributed by atoms with Gasteiger partial charge in [0.05, 0.1) is 40.6 Å².